The number of amides is 3. The number of aliphatic hydroxyl groups excluding tert-OH is 1. The zero-order chi connectivity index (χ0) is 37.3. The molecule has 0 aromatic heterocycles. The molecule has 8 atom stereocenters. The first-order valence-electron chi connectivity index (χ1n) is 16.8. The van der Waals surface area contributed by atoms with Gasteiger partial charge in [0, 0.05) is 51.5 Å². The van der Waals surface area contributed by atoms with Gasteiger partial charge in [-0.15, -0.1) is 11.8 Å². The number of aliphatic hydroxyl groups is 1. The molecule has 3 saturated heterocycles. The fourth-order valence-corrected chi connectivity index (χ4v) is 9.48. The number of allylic oxidation sites excluding steroid dienone is 1. The Morgan fingerprint density at radius 1 is 0.882 bits per heavy atom. The van der Waals surface area contributed by atoms with Crippen molar-refractivity contribution < 1.29 is 39.3 Å². The highest BCUT2D eigenvalue weighted by Gasteiger charge is 2.57. The number of anilines is 2. The van der Waals surface area contributed by atoms with E-state index in [0.717, 1.165) is 18.8 Å². The molecule has 0 bridgehead atoms. The molecule has 3 amide bonds. The molecule has 274 valence electrons. The van der Waals surface area contributed by atoms with Crippen LogP contribution in [0, 0.1) is 11.8 Å². The fourth-order valence-electron chi connectivity index (χ4n) is 7.46. The van der Waals surface area contributed by atoms with Gasteiger partial charge in [-0.05, 0) is 77.2 Å². The van der Waals surface area contributed by atoms with Crippen LogP contribution in [0.5, 0.6) is 0 Å². The summed E-state index contributed by atoms with van der Waals surface area (Å²) >= 11 is 6.11. The standard InChI is InChI=1S/C23H29N3O5S.C13H16N2O3S/c1-11-19-18(13(3)27)22(29)26(19)12(2)20(11)32-16-9-17(25(4)10-16)21(28)24-15-7-5-6-14(8-15)23(30)31;1-15-7-10(19)6-11(15)12(16)14-9-4-2-3-8(5-9)13(17)18/h5-8,11,13,16-19,27H,9-10H2,1-4H3,(H,24,28)(H,30,31);2-5,10-11,19H,6-7H2,1H3,(H,14,16)(H,17,18)/t11-,13-,16+,17+,18-,19-;10-,11-/m10/s1. The third-order valence-corrected chi connectivity index (χ3v) is 12.0. The Bertz CT molecular complexity index is 1740. The molecule has 0 aliphatic carbocycles. The molecule has 0 unspecified atom stereocenters. The molecular weight excluding hydrogens is 695 g/mol. The molecule has 6 rings (SSSR count). The molecule has 13 nitrogen and oxygen atoms in total. The van der Waals surface area contributed by atoms with Gasteiger partial charge in [0.15, 0.2) is 0 Å². The maximum Gasteiger partial charge on any atom is 0.335 e. The third-order valence-electron chi connectivity index (χ3n) is 10.0. The van der Waals surface area contributed by atoms with E-state index in [1.165, 1.54) is 29.2 Å². The molecule has 4 aliphatic rings. The summed E-state index contributed by atoms with van der Waals surface area (Å²) in [6.45, 7) is 7.26. The molecule has 2 aromatic carbocycles. The van der Waals surface area contributed by atoms with Crippen molar-refractivity contribution >= 4 is 65.4 Å². The minimum absolute atomic E-state index is 0.00524. The van der Waals surface area contributed by atoms with E-state index in [4.69, 9.17) is 10.2 Å². The monoisotopic (exact) mass is 739 g/mol. The normalized spacial score (nSPS) is 28.0. The summed E-state index contributed by atoms with van der Waals surface area (Å²) in [6.07, 6.45) is 0.700. The Morgan fingerprint density at radius 3 is 1.86 bits per heavy atom. The van der Waals surface area contributed by atoms with Crippen LogP contribution in [0.15, 0.2) is 59.1 Å². The van der Waals surface area contributed by atoms with Crippen LogP contribution >= 0.6 is 24.4 Å². The van der Waals surface area contributed by atoms with Crippen LogP contribution in [0.25, 0.3) is 0 Å². The molecule has 0 spiro atoms. The minimum atomic E-state index is -1.04. The number of β-lactam (4-membered cyclic amide) rings is 1. The van der Waals surface area contributed by atoms with Gasteiger partial charge in [-0.1, -0.05) is 19.1 Å². The molecule has 2 aromatic rings. The van der Waals surface area contributed by atoms with E-state index < -0.39 is 18.0 Å². The lowest BCUT2D eigenvalue weighted by Crippen LogP contribution is -2.62. The van der Waals surface area contributed by atoms with Crippen molar-refractivity contribution in [3.63, 3.8) is 0 Å². The number of fused-ring (bicyclic) bond motifs is 1. The largest absolute Gasteiger partial charge is 0.478 e. The van der Waals surface area contributed by atoms with Crippen molar-refractivity contribution in [2.45, 2.75) is 68.3 Å². The molecule has 4 heterocycles. The number of carbonyl (C=O) groups excluding carboxylic acids is 3. The Labute approximate surface area is 306 Å². The number of thioether (sulfide) groups is 1. The predicted octanol–water partition coefficient (Wildman–Crippen LogP) is 3.54. The van der Waals surface area contributed by atoms with Crippen LogP contribution in [0.1, 0.15) is 54.3 Å². The van der Waals surface area contributed by atoms with Gasteiger partial charge in [-0.2, -0.15) is 12.6 Å². The number of aromatic carboxylic acids is 2. The van der Waals surface area contributed by atoms with Crippen LogP contribution in [-0.4, -0.2) is 122 Å². The van der Waals surface area contributed by atoms with E-state index in [1.54, 1.807) is 43.0 Å². The fraction of sp³-hybridized carbons (Fsp3) is 0.472. The van der Waals surface area contributed by atoms with Crippen molar-refractivity contribution in [3.05, 3.63) is 70.3 Å². The van der Waals surface area contributed by atoms with E-state index in [-0.39, 0.29) is 69.3 Å². The van der Waals surface area contributed by atoms with Gasteiger partial charge in [-0.3, -0.25) is 24.2 Å². The SMILES string of the molecule is CC1=C(S[C@H]2C[C@@H](C(=O)Nc3cccc(C(=O)O)c3)N(C)C2)[C@H](C)[C@@H]2[C@@H]([C@@H](C)O)C(=O)N12.CN1C[C@@H](S)C[C@H]1C(=O)Nc1cccc(C(=O)O)c1. The zero-order valence-corrected chi connectivity index (χ0v) is 30.9. The number of thiol groups is 1. The van der Waals surface area contributed by atoms with Crippen LogP contribution in [-0.2, 0) is 14.4 Å². The first kappa shape index (κ1) is 38.3. The first-order valence-corrected chi connectivity index (χ1v) is 18.2. The minimum Gasteiger partial charge on any atom is -0.478 e. The lowest BCUT2D eigenvalue weighted by atomic mass is 9.79. The van der Waals surface area contributed by atoms with Crippen LogP contribution in [0.2, 0.25) is 0 Å². The summed E-state index contributed by atoms with van der Waals surface area (Å²) in [7, 11) is 3.80. The highest BCUT2D eigenvalue weighted by Crippen LogP contribution is 2.52. The van der Waals surface area contributed by atoms with E-state index in [1.807, 2.05) is 35.7 Å². The lowest BCUT2D eigenvalue weighted by molar-refractivity contribution is -0.159. The highest BCUT2D eigenvalue weighted by molar-refractivity contribution is 8.03. The predicted molar refractivity (Wildman–Crippen MR) is 198 cm³/mol. The van der Waals surface area contributed by atoms with Crippen molar-refractivity contribution in [1.82, 2.24) is 14.7 Å². The number of rotatable bonds is 9. The van der Waals surface area contributed by atoms with Crippen LogP contribution < -0.4 is 10.6 Å². The van der Waals surface area contributed by atoms with Gasteiger partial charge in [0.25, 0.3) is 0 Å². The number of benzene rings is 2. The summed E-state index contributed by atoms with van der Waals surface area (Å²) in [5.74, 6) is -2.51. The molecule has 51 heavy (non-hydrogen) atoms. The zero-order valence-electron chi connectivity index (χ0n) is 29.1. The number of likely N-dealkylation sites (tertiary alicyclic amines) is 2. The molecule has 4 aliphatic heterocycles. The van der Waals surface area contributed by atoms with Gasteiger partial charge < -0.3 is 30.9 Å². The molecule has 0 radical (unpaired) electrons. The average molecular weight is 740 g/mol. The third kappa shape index (κ3) is 8.28. The highest BCUT2D eigenvalue weighted by atomic mass is 32.2. The van der Waals surface area contributed by atoms with Crippen molar-refractivity contribution in [1.29, 1.82) is 0 Å². The first-order chi connectivity index (χ1) is 24.1. The summed E-state index contributed by atoms with van der Waals surface area (Å²) in [5.41, 5.74) is 2.22. The van der Waals surface area contributed by atoms with Crippen LogP contribution in [0.3, 0.4) is 0 Å². The molecule has 3 fully saturated rings. The summed E-state index contributed by atoms with van der Waals surface area (Å²) in [4.78, 5) is 66.5. The number of likely N-dealkylation sites (N-methyl/N-ethyl adjacent to an activating group) is 2. The Kier molecular flexibility index (Phi) is 11.9. The smallest absolute Gasteiger partial charge is 0.335 e. The summed E-state index contributed by atoms with van der Waals surface area (Å²) in [5, 5.41) is 34.1. The quantitative estimate of drug-likeness (QED) is 0.164. The number of carboxylic acids is 2. The summed E-state index contributed by atoms with van der Waals surface area (Å²) in [6, 6.07) is 11.9. The van der Waals surface area contributed by atoms with E-state index >= 15 is 0 Å². The van der Waals surface area contributed by atoms with Gasteiger partial charge in [0.1, 0.15) is 0 Å². The summed E-state index contributed by atoms with van der Waals surface area (Å²) < 4.78 is 0. The Hall–Kier alpha value is -3.89. The molecule has 0 saturated carbocycles. The van der Waals surface area contributed by atoms with Gasteiger partial charge in [-0.25, -0.2) is 9.59 Å². The molecule has 15 heteroatoms. The van der Waals surface area contributed by atoms with Crippen molar-refractivity contribution in [2.24, 2.45) is 11.8 Å². The Balaban J connectivity index is 0.000000226. The molecule has 5 N–H and O–H groups in total. The van der Waals surface area contributed by atoms with Crippen molar-refractivity contribution in [3.8, 4) is 0 Å². The maximum atomic E-state index is 12.9. The van der Waals surface area contributed by atoms with Gasteiger partial charge >= 0.3 is 11.9 Å². The number of nitrogens with one attached hydrogen (secondary N) is 2. The topological polar surface area (TPSA) is 180 Å². The second-order valence-corrected chi connectivity index (χ2v) is 15.8. The van der Waals surface area contributed by atoms with Crippen LogP contribution in [0.4, 0.5) is 11.4 Å². The second-order valence-electron chi connectivity index (χ2n) is 13.7. The van der Waals surface area contributed by atoms with Gasteiger partial charge in [0.05, 0.1) is 41.3 Å². The van der Waals surface area contributed by atoms with E-state index in [0.29, 0.717) is 24.2 Å². The number of hydrogen-bond acceptors (Lipinski definition) is 10. The van der Waals surface area contributed by atoms with E-state index in [2.05, 4.69) is 30.2 Å². The maximum absolute atomic E-state index is 12.9. The second kappa shape index (κ2) is 15.8. The lowest BCUT2D eigenvalue weighted by Gasteiger charge is -2.46. The Morgan fingerprint density at radius 2 is 1.39 bits per heavy atom. The number of carboxylic acid groups (broad SMARTS) is 2. The number of hydrogen-bond donors (Lipinski definition) is 6. The number of carbonyl (C=O) groups is 5. The molecular formula is C36H45N5O8S2. The van der Waals surface area contributed by atoms with Gasteiger partial charge in [0.2, 0.25) is 17.7 Å². The average Bonchev–Trinajstić information content (AvgIpc) is 3.67. The van der Waals surface area contributed by atoms with Crippen molar-refractivity contribution in [2.75, 3.05) is 37.8 Å². The number of nitrogens with zero attached hydrogens (tertiary/aromatic N) is 3. The van der Waals surface area contributed by atoms with E-state index in [9.17, 15) is 29.1 Å².